The second-order valence-electron chi connectivity index (χ2n) is 4.86. The lowest BCUT2D eigenvalue weighted by molar-refractivity contribution is 0.257. The fraction of sp³-hybridized carbons (Fsp3) is 1.00. The zero-order valence-corrected chi connectivity index (χ0v) is 8.84. The number of rotatable bonds is 3. The Morgan fingerprint density at radius 2 is 2.25 bits per heavy atom. The molecule has 1 rings (SSSR count). The highest BCUT2D eigenvalue weighted by atomic mass is 14.2. The van der Waals surface area contributed by atoms with Gasteiger partial charge < -0.3 is 0 Å². The maximum absolute atomic E-state index is 7.78. The molecule has 1 fully saturated rings. The van der Waals surface area contributed by atoms with Gasteiger partial charge in [0.25, 0.3) is 0 Å². The largest absolute Gasteiger partial charge is 0.0628 e. The molecule has 0 heterocycles. The van der Waals surface area contributed by atoms with E-state index in [2.05, 4.69) is 20.8 Å². The Hall–Kier alpha value is 0. The van der Waals surface area contributed by atoms with E-state index in [0.717, 1.165) is 18.3 Å². The Morgan fingerprint density at radius 1 is 1.50 bits per heavy atom. The Balaban J connectivity index is 2.21. The molecule has 0 spiro atoms. The Morgan fingerprint density at radius 3 is 2.83 bits per heavy atom. The SMILES string of the molecule is [2H]C1CCC(CCC(C)C)CC1C. The van der Waals surface area contributed by atoms with E-state index in [1.54, 1.807) is 0 Å². The van der Waals surface area contributed by atoms with Crippen LogP contribution in [-0.2, 0) is 0 Å². The van der Waals surface area contributed by atoms with Gasteiger partial charge in [0, 0.05) is 1.37 Å². The molecule has 0 amide bonds. The predicted octanol–water partition coefficient (Wildman–Crippen LogP) is 4.25. The van der Waals surface area contributed by atoms with Crippen molar-refractivity contribution in [2.24, 2.45) is 17.8 Å². The van der Waals surface area contributed by atoms with E-state index in [1.165, 1.54) is 25.7 Å². The molecule has 0 N–H and O–H groups in total. The molecule has 12 heavy (non-hydrogen) atoms. The molecule has 0 saturated heterocycles. The van der Waals surface area contributed by atoms with E-state index >= 15 is 0 Å². The highest BCUT2D eigenvalue weighted by Gasteiger charge is 2.18. The van der Waals surface area contributed by atoms with Crippen LogP contribution in [0.25, 0.3) is 0 Å². The van der Waals surface area contributed by atoms with Crippen LogP contribution in [0.1, 0.15) is 60.6 Å². The summed E-state index contributed by atoms with van der Waals surface area (Å²) < 4.78 is 7.78. The van der Waals surface area contributed by atoms with E-state index in [4.69, 9.17) is 1.37 Å². The lowest BCUT2D eigenvalue weighted by atomic mass is 9.79. The monoisotopic (exact) mass is 169 g/mol. The topological polar surface area (TPSA) is 0 Å². The summed E-state index contributed by atoms with van der Waals surface area (Å²) in [5.74, 6) is 2.42. The Kier molecular flexibility index (Phi) is 3.50. The Bertz CT molecular complexity index is 142. The highest BCUT2D eigenvalue weighted by molar-refractivity contribution is 4.70. The highest BCUT2D eigenvalue weighted by Crippen LogP contribution is 2.32. The molecule has 0 aromatic carbocycles. The zero-order chi connectivity index (χ0) is 9.84. The molecule has 3 unspecified atom stereocenters. The summed E-state index contributed by atoms with van der Waals surface area (Å²) >= 11 is 0. The molecule has 1 aliphatic rings. The van der Waals surface area contributed by atoms with Gasteiger partial charge >= 0.3 is 0 Å². The standard InChI is InChI=1S/C12H24/c1-10(2)7-8-12-6-4-5-11(3)9-12/h10-12H,4-9H2,1-3H3/i5D. The number of hydrogen-bond donors (Lipinski definition) is 0. The molecule has 0 bridgehead atoms. The molecule has 1 aliphatic carbocycles. The lowest BCUT2D eigenvalue weighted by Crippen LogP contribution is -2.13. The minimum absolute atomic E-state index is 0.232. The molecule has 72 valence electrons. The van der Waals surface area contributed by atoms with Gasteiger partial charge in [0.2, 0.25) is 0 Å². The van der Waals surface area contributed by atoms with Crippen molar-refractivity contribution < 1.29 is 1.37 Å². The van der Waals surface area contributed by atoms with Crippen molar-refractivity contribution in [3.05, 3.63) is 0 Å². The fourth-order valence-corrected chi connectivity index (χ4v) is 2.19. The average Bonchev–Trinajstić information content (AvgIpc) is 2.07. The van der Waals surface area contributed by atoms with Crippen LogP contribution in [0, 0.1) is 17.8 Å². The van der Waals surface area contributed by atoms with E-state index in [-0.39, 0.29) is 6.40 Å². The first-order valence-corrected chi connectivity index (χ1v) is 5.51. The van der Waals surface area contributed by atoms with E-state index in [9.17, 15) is 0 Å². The summed E-state index contributed by atoms with van der Waals surface area (Å²) in [6, 6.07) is 0. The Labute approximate surface area is 79.2 Å². The van der Waals surface area contributed by atoms with Crippen LogP contribution in [0.3, 0.4) is 0 Å². The van der Waals surface area contributed by atoms with Crippen LogP contribution in [0.2, 0.25) is 0 Å². The average molecular weight is 169 g/mol. The fourth-order valence-electron chi connectivity index (χ4n) is 2.19. The normalized spacial score (nSPS) is 38.3. The predicted molar refractivity (Wildman–Crippen MR) is 55.2 cm³/mol. The van der Waals surface area contributed by atoms with Gasteiger partial charge in [-0.2, -0.15) is 0 Å². The second-order valence-corrected chi connectivity index (χ2v) is 4.86. The summed E-state index contributed by atoms with van der Waals surface area (Å²) in [7, 11) is 0. The summed E-state index contributed by atoms with van der Waals surface area (Å²) in [5.41, 5.74) is 0. The van der Waals surface area contributed by atoms with Gasteiger partial charge in [-0.25, -0.2) is 0 Å². The third-order valence-corrected chi connectivity index (χ3v) is 3.00. The van der Waals surface area contributed by atoms with Crippen molar-refractivity contribution in [1.82, 2.24) is 0 Å². The van der Waals surface area contributed by atoms with Crippen LogP contribution in [0.5, 0.6) is 0 Å². The van der Waals surface area contributed by atoms with Gasteiger partial charge in [0.05, 0.1) is 0 Å². The maximum atomic E-state index is 7.78. The third-order valence-electron chi connectivity index (χ3n) is 3.00. The lowest BCUT2D eigenvalue weighted by Gasteiger charge is -2.27. The molecular weight excluding hydrogens is 144 g/mol. The first-order chi connectivity index (χ1) is 6.09. The first kappa shape index (κ1) is 8.59. The smallest absolute Gasteiger partial charge is 0.0269 e. The van der Waals surface area contributed by atoms with E-state index < -0.39 is 0 Å². The molecule has 3 atom stereocenters. The van der Waals surface area contributed by atoms with Crippen LogP contribution < -0.4 is 0 Å². The van der Waals surface area contributed by atoms with Gasteiger partial charge in [0.1, 0.15) is 0 Å². The van der Waals surface area contributed by atoms with Gasteiger partial charge in [-0.1, -0.05) is 52.9 Å². The molecule has 0 radical (unpaired) electrons. The molecule has 0 aliphatic heterocycles. The minimum Gasteiger partial charge on any atom is -0.0628 e. The minimum atomic E-state index is 0.232. The van der Waals surface area contributed by atoms with Crippen molar-refractivity contribution in [2.75, 3.05) is 0 Å². The van der Waals surface area contributed by atoms with Gasteiger partial charge in [0.15, 0.2) is 0 Å². The van der Waals surface area contributed by atoms with Crippen LogP contribution in [0.15, 0.2) is 0 Å². The summed E-state index contributed by atoms with van der Waals surface area (Å²) in [6.45, 7) is 6.86. The first-order valence-electron chi connectivity index (χ1n) is 6.09. The van der Waals surface area contributed by atoms with Crippen molar-refractivity contribution in [3.8, 4) is 0 Å². The summed E-state index contributed by atoms with van der Waals surface area (Å²) in [6.07, 6.45) is 6.76. The third kappa shape index (κ3) is 3.60. The van der Waals surface area contributed by atoms with E-state index in [1.807, 2.05) is 0 Å². The second kappa shape index (κ2) is 4.89. The number of hydrogen-bond acceptors (Lipinski definition) is 0. The zero-order valence-electron chi connectivity index (χ0n) is 9.84. The molecule has 0 nitrogen and oxygen atoms in total. The van der Waals surface area contributed by atoms with Crippen LogP contribution >= 0.6 is 0 Å². The quantitative estimate of drug-likeness (QED) is 0.592. The summed E-state index contributed by atoms with van der Waals surface area (Å²) in [4.78, 5) is 0. The van der Waals surface area contributed by atoms with Crippen LogP contribution in [0.4, 0.5) is 0 Å². The molecular formula is C12H24. The van der Waals surface area contributed by atoms with Crippen molar-refractivity contribution in [3.63, 3.8) is 0 Å². The van der Waals surface area contributed by atoms with Gasteiger partial charge in [-0.15, -0.1) is 0 Å². The van der Waals surface area contributed by atoms with Crippen molar-refractivity contribution in [1.29, 1.82) is 0 Å². The molecule has 0 aromatic rings. The van der Waals surface area contributed by atoms with Gasteiger partial charge in [-0.3, -0.25) is 0 Å². The summed E-state index contributed by atoms with van der Waals surface area (Å²) in [5, 5.41) is 0. The van der Waals surface area contributed by atoms with E-state index in [0.29, 0.717) is 5.92 Å². The van der Waals surface area contributed by atoms with Gasteiger partial charge in [-0.05, 0) is 24.2 Å². The van der Waals surface area contributed by atoms with Crippen molar-refractivity contribution >= 4 is 0 Å². The van der Waals surface area contributed by atoms with Crippen LogP contribution in [-0.4, -0.2) is 0 Å². The maximum Gasteiger partial charge on any atom is 0.0269 e. The molecule has 0 heteroatoms. The molecule has 0 aromatic heterocycles. The molecule has 1 saturated carbocycles. The van der Waals surface area contributed by atoms with Crippen molar-refractivity contribution in [2.45, 2.75) is 59.3 Å².